The smallest absolute Gasteiger partial charge is 0.208 e. The quantitative estimate of drug-likeness (QED) is 0.916. The fourth-order valence-electron chi connectivity index (χ4n) is 1.69. The molecule has 0 heterocycles. The predicted octanol–water partition coefficient (Wildman–Crippen LogP) is 3.18. The van der Waals surface area contributed by atoms with Crippen LogP contribution in [0.2, 0.25) is 5.02 Å². The van der Waals surface area contributed by atoms with E-state index in [2.05, 4.69) is 20.7 Å². The zero-order chi connectivity index (χ0) is 12.6. The Kier molecular flexibility index (Phi) is 3.83. The summed E-state index contributed by atoms with van der Waals surface area (Å²) in [6.45, 7) is 1.89. The molecule has 0 radical (unpaired) electrons. The Hall–Kier alpha value is -0.100. The Balaban J connectivity index is 2.24. The fraction of sp³-hybridized carbons (Fsp3) is 0.455. The highest BCUT2D eigenvalue weighted by atomic mass is 79.9. The van der Waals surface area contributed by atoms with Gasteiger partial charge in [-0.2, -0.15) is 0 Å². The molecule has 1 atom stereocenters. The third-order valence-electron chi connectivity index (χ3n) is 2.85. The van der Waals surface area contributed by atoms with Gasteiger partial charge in [0.2, 0.25) is 10.0 Å². The second kappa shape index (κ2) is 4.88. The highest BCUT2D eigenvalue weighted by Crippen LogP contribution is 2.33. The first-order valence-electron chi connectivity index (χ1n) is 5.37. The molecule has 3 nitrogen and oxygen atoms in total. The summed E-state index contributed by atoms with van der Waals surface area (Å²) in [5.74, 6) is 0.471. The van der Waals surface area contributed by atoms with Gasteiger partial charge in [-0.3, -0.25) is 0 Å². The van der Waals surface area contributed by atoms with E-state index >= 15 is 0 Å². The number of halogens is 2. The maximum atomic E-state index is 12.1. The van der Waals surface area contributed by atoms with Crippen LogP contribution in [0.1, 0.15) is 19.8 Å². The molecule has 17 heavy (non-hydrogen) atoms. The minimum atomic E-state index is -3.51. The summed E-state index contributed by atoms with van der Waals surface area (Å²) < 4.78 is 27.6. The largest absolute Gasteiger partial charge is 0.242 e. The van der Waals surface area contributed by atoms with Crippen LogP contribution in [0, 0.1) is 5.92 Å². The maximum absolute atomic E-state index is 12.1. The summed E-state index contributed by atoms with van der Waals surface area (Å²) in [6, 6.07) is 4.73. The molecular weight excluding hydrogens is 326 g/mol. The van der Waals surface area contributed by atoms with Crippen molar-refractivity contribution in [3.05, 3.63) is 27.7 Å². The highest BCUT2D eigenvalue weighted by Gasteiger charge is 2.31. The molecule has 1 aromatic carbocycles. The van der Waals surface area contributed by atoms with Gasteiger partial charge in [0.1, 0.15) is 4.90 Å². The minimum absolute atomic E-state index is 0.0280. The summed E-state index contributed by atoms with van der Waals surface area (Å²) in [6.07, 6.45) is 2.19. The van der Waals surface area contributed by atoms with Crippen molar-refractivity contribution in [3.63, 3.8) is 0 Å². The SMILES string of the molecule is CC(NS(=O)(=O)c1ccc(Br)cc1Cl)C1CC1. The lowest BCUT2D eigenvalue weighted by Gasteiger charge is -2.14. The number of benzene rings is 1. The lowest BCUT2D eigenvalue weighted by atomic mass is 10.2. The van der Waals surface area contributed by atoms with E-state index in [4.69, 9.17) is 11.6 Å². The van der Waals surface area contributed by atoms with Crippen molar-refractivity contribution in [1.82, 2.24) is 4.72 Å². The first-order valence-corrected chi connectivity index (χ1v) is 8.03. The van der Waals surface area contributed by atoms with E-state index in [0.29, 0.717) is 5.92 Å². The molecule has 0 bridgehead atoms. The van der Waals surface area contributed by atoms with Crippen LogP contribution in [0.15, 0.2) is 27.6 Å². The van der Waals surface area contributed by atoms with Crippen LogP contribution in [-0.4, -0.2) is 14.5 Å². The van der Waals surface area contributed by atoms with E-state index in [0.717, 1.165) is 17.3 Å². The van der Waals surface area contributed by atoms with E-state index < -0.39 is 10.0 Å². The lowest BCUT2D eigenvalue weighted by Crippen LogP contribution is -2.34. The van der Waals surface area contributed by atoms with Crippen molar-refractivity contribution in [2.24, 2.45) is 5.92 Å². The Morgan fingerprint density at radius 2 is 2.12 bits per heavy atom. The Labute approximate surface area is 115 Å². The van der Waals surface area contributed by atoms with Gasteiger partial charge in [0.15, 0.2) is 0 Å². The van der Waals surface area contributed by atoms with Crippen LogP contribution in [-0.2, 0) is 10.0 Å². The second-order valence-electron chi connectivity index (χ2n) is 4.32. The van der Waals surface area contributed by atoms with Gasteiger partial charge in [-0.25, -0.2) is 13.1 Å². The average Bonchev–Trinajstić information content (AvgIpc) is 2.98. The third-order valence-corrected chi connectivity index (χ3v) is 5.39. The maximum Gasteiger partial charge on any atom is 0.242 e. The zero-order valence-corrected chi connectivity index (χ0v) is 12.4. The molecule has 0 spiro atoms. The van der Waals surface area contributed by atoms with Gasteiger partial charge in [0.05, 0.1) is 5.02 Å². The molecule has 94 valence electrons. The zero-order valence-electron chi connectivity index (χ0n) is 9.28. The highest BCUT2D eigenvalue weighted by molar-refractivity contribution is 9.10. The summed E-state index contributed by atoms with van der Waals surface area (Å²) in [4.78, 5) is 0.134. The van der Waals surface area contributed by atoms with Gasteiger partial charge >= 0.3 is 0 Å². The van der Waals surface area contributed by atoms with Gasteiger partial charge in [-0.05, 0) is 43.9 Å². The molecule has 2 rings (SSSR count). The first kappa shape index (κ1) is 13.3. The normalized spacial score (nSPS) is 18.1. The molecule has 6 heteroatoms. The molecule has 0 amide bonds. The van der Waals surface area contributed by atoms with Crippen molar-refractivity contribution < 1.29 is 8.42 Å². The molecule has 1 aliphatic carbocycles. The summed E-state index contributed by atoms with van der Waals surface area (Å²) in [5, 5.41) is 0.231. The molecule has 1 N–H and O–H groups in total. The summed E-state index contributed by atoms with van der Waals surface area (Å²) >= 11 is 9.19. The summed E-state index contributed by atoms with van der Waals surface area (Å²) in [7, 11) is -3.51. The van der Waals surface area contributed by atoms with Gasteiger partial charge in [-0.15, -0.1) is 0 Å². The Morgan fingerprint density at radius 3 is 2.65 bits per heavy atom. The number of rotatable bonds is 4. The van der Waals surface area contributed by atoms with E-state index in [1.165, 1.54) is 6.07 Å². The molecule has 1 aliphatic rings. The number of hydrogen-bond acceptors (Lipinski definition) is 2. The Morgan fingerprint density at radius 1 is 1.47 bits per heavy atom. The molecule has 1 saturated carbocycles. The molecular formula is C11H13BrClNO2S. The molecule has 1 aromatic rings. The Bertz CT molecular complexity index is 528. The first-order chi connectivity index (χ1) is 7.90. The van der Waals surface area contributed by atoms with Crippen LogP contribution in [0.3, 0.4) is 0 Å². The van der Waals surface area contributed by atoms with Crippen LogP contribution in [0.4, 0.5) is 0 Å². The van der Waals surface area contributed by atoms with Gasteiger partial charge < -0.3 is 0 Å². The van der Waals surface area contributed by atoms with Crippen molar-refractivity contribution in [1.29, 1.82) is 0 Å². The predicted molar refractivity (Wildman–Crippen MR) is 71.7 cm³/mol. The van der Waals surface area contributed by atoms with Crippen molar-refractivity contribution in [2.45, 2.75) is 30.7 Å². The molecule has 0 saturated heterocycles. The molecule has 1 fully saturated rings. The van der Waals surface area contributed by atoms with Crippen LogP contribution >= 0.6 is 27.5 Å². The number of hydrogen-bond donors (Lipinski definition) is 1. The lowest BCUT2D eigenvalue weighted by molar-refractivity contribution is 0.538. The topological polar surface area (TPSA) is 46.2 Å². The van der Waals surface area contributed by atoms with E-state index in [1.54, 1.807) is 12.1 Å². The van der Waals surface area contributed by atoms with E-state index in [9.17, 15) is 8.42 Å². The molecule has 1 unspecified atom stereocenters. The van der Waals surface area contributed by atoms with Gasteiger partial charge in [0, 0.05) is 10.5 Å². The van der Waals surface area contributed by atoms with E-state index in [-0.39, 0.29) is 16.0 Å². The van der Waals surface area contributed by atoms with Crippen molar-refractivity contribution in [2.75, 3.05) is 0 Å². The average molecular weight is 339 g/mol. The van der Waals surface area contributed by atoms with Crippen LogP contribution in [0.25, 0.3) is 0 Å². The standard InChI is InChI=1S/C11H13BrClNO2S/c1-7(8-2-3-8)14-17(15,16)11-5-4-9(12)6-10(11)13/h4-8,14H,2-3H2,1H3. The van der Waals surface area contributed by atoms with Crippen LogP contribution < -0.4 is 4.72 Å². The summed E-state index contributed by atoms with van der Waals surface area (Å²) in [5.41, 5.74) is 0. The number of nitrogens with one attached hydrogen (secondary N) is 1. The third kappa shape index (κ3) is 3.22. The molecule has 0 aromatic heterocycles. The van der Waals surface area contributed by atoms with E-state index in [1.807, 2.05) is 6.92 Å². The monoisotopic (exact) mass is 337 g/mol. The van der Waals surface area contributed by atoms with Gasteiger partial charge in [0.25, 0.3) is 0 Å². The van der Waals surface area contributed by atoms with Crippen molar-refractivity contribution in [3.8, 4) is 0 Å². The number of sulfonamides is 1. The second-order valence-corrected chi connectivity index (χ2v) is 7.33. The fourth-order valence-corrected chi connectivity index (χ4v) is 4.04. The van der Waals surface area contributed by atoms with Crippen LogP contribution in [0.5, 0.6) is 0 Å². The minimum Gasteiger partial charge on any atom is -0.208 e. The van der Waals surface area contributed by atoms with Crippen molar-refractivity contribution >= 4 is 37.6 Å². The molecule has 0 aliphatic heterocycles. The van der Waals surface area contributed by atoms with Gasteiger partial charge in [-0.1, -0.05) is 27.5 Å².